The second-order valence-electron chi connectivity index (χ2n) is 6.34. The monoisotopic (exact) mass is 426 g/mol. The van der Waals surface area contributed by atoms with Crippen LogP contribution in [0.3, 0.4) is 0 Å². The van der Waals surface area contributed by atoms with Crippen molar-refractivity contribution < 1.29 is 14.3 Å². The SMILES string of the molecule is N=C(N)c1ccc(CNC(=O)c2cc(Cl)cc(-c3ncc[nH]3)c2)c(OCC(N)=O)c1. The molecule has 10 heteroatoms. The Bertz CT molecular complexity index is 1100. The van der Waals surface area contributed by atoms with E-state index in [-0.39, 0.29) is 24.9 Å². The van der Waals surface area contributed by atoms with E-state index in [4.69, 9.17) is 33.2 Å². The zero-order valence-electron chi connectivity index (χ0n) is 15.7. The summed E-state index contributed by atoms with van der Waals surface area (Å²) in [5.41, 5.74) is 12.7. The van der Waals surface area contributed by atoms with Crippen LogP contribution in [0, 0.1) is 5.41 Å². The van der Waals surface area contributed by atoms with Gasteiger partial charge in [0, 0.05) is 46.2 Å². The van der Waals surface area contributed by atoms with Crippen LogP contribution in [0.1, 0.15) is 21.5 Å². The Labute approximate surface area is 176 Å². The fraction of sp³-hybridized carbons (Fsp3) is 0.100. The van der Waals surface area contributed by atoms with Gasteiger partial charge in [-0.05, 0) is 24.3 Å². The number of nitrogens with zero attached hydrogens (tertiary/aromatic N) is 1. The zero-order chi connectivity index (χ0) is 21.7. The normalized spacial score (nSPS) is 10.4. The third-order valence-electron chi connectivity index (χ3n) is 4.12. The molecule has 0 bridgehead atoms. The largest absolute Gasteiger partial charge is 0.483 e. The summed E-state index contributed by atoms with van der Waals surface area (Å²) in [6.45, 7) is -0.239. The molecule has 7 N–H and O–H groups in total. The fourth-order valence-corrected chi connectivity index (χ4v) is 2.94. The van der Waals surface area contributed by atoms with Gasteiger partial charge in [-0.1, -0.05) is 23.7 Å². The Hall–Kier alpha value is -3.85. The number of nitrogens with one attached hydrogen (secondary N) is 3. The smallest absolute Gasteiger partial charge is 0.255 e. The van der Waals surface area contributed by atoms with E-state index in [1.807, 2.05) is 0 Å². The molecule has 0 aliphatic carbocycles. The van der Waals surface area contributed by atoms with Gasteiger partial charge in [-0.25, -0.2) is 4.98 Å². The van der Waals surface area contributed by atoms with E-state index in [2.05, 4.69) is 15.3 Å². The lowest BCUT2D eigenvalue weighted by Crippen LogP contribution is -2.24. The van der Waals surface area contributed by atoms with Crippen molar-refractivity contribution in [1.29, 1.82) is 5.41 Å². The number of imidazole rings is 1. The first-order chi connectivity index (χ1) is 14.3. The summed E-state index contributed by atoms with van der Waals surface area (Å²) in [4.78, 5) is 30.9. The summed E-state index contributed by atoms with van der Waals surface area (Å²) in [6, 6.07) is 9.71. The van der Waals surface area contributed by atoms with Crippen molar-refractivity contribution in [1.82, 2.24) is 15.3 Å². The third kappa shape index (κ3) is 5.15. The molecule has 0 saturated heterocycles. The van der Waals surface area contributed by atoms with Crippen LogP contribution in [-0.2, 0) is 11.3 Å². The van der Waals surface area contributed by atoms with Crippen molar-refractivity contribution in [3.8, 4) is 17.1 Å². The first-order valence-corrected chi connectivity index (χ1v) is 9.18. The van der Waals surface area contributed by atoms with Crippen LogP contribution in [0.25, 0.3) is 11.4 Å². The zero-order valence-corrected chi connectivity index (χ0v) is 16.5. The molecule has 1 aromatic heterocycles. The number of primary amides is 1. The van der Waals surface area contributed by atoms with Crippen LogP contribution in [0.5, 0.6) is 5.75 Å². The van der Waals surface area contributed by atoms with E-state index < -0.39 is 5.91 Å². The molecule has 1 heterocycles. The standard InChI is InChI=1S/C20H19ClN6O3/c21-15-6-13(19-25-3-4-26-19)5-14(7-15)20(29)27-9-12-2-1-11(18(23)24)8-16(12)30-10-17(22)28/h1-8H,9-10H2,(H2,22,28)(H3,23,24)(H,25,26)(H,27,29). The topological polar surface area (TPSA) is 160 Å². The predicted octanol–water partition coefficient (Wildman–Crippen LogP) is 1.81. The highest BCUT2D eigenvalue weighted by Crippen LogP contribution is 2.23. The molecule has 0 radical (unpaired) electrons. The van der Waals surface area contributed by atoms with E-state index in [1.165, 1.54) is 6.07 Å². The molecule has 154 valence electrons. The first kappa shape index (κ1) is 20.9. The van der Waals surface area contributed by atoms with Gasteiger partial charge in [-0.15, -0.1) is 0 Å². The van der Waals surface area contributed by atoms with Crippen LogP contribution in [0.2, 0.25) is 5.02 Å². The molecule has 3 aromatic rings. The number of benzene rings is 2. The predicted molar refractivity (Wildman–Crippen MR) is 112 cm³/mol. The molecular formula is C20H19ClN6O3. The molecule has 0 unspecified atom stereocenters. The number of amides is 2. The third-order valence-corrected chi connectivity index (χ3v) is 4.34. The van der Waals surface area contributed by atoms with Gasteiger partial charge in [-0.3, -0.25) is 15.0 Å². The van der Waals surface area contributed by atoms with Gasteiger partial charge in [0.25, 0.3) is 11.8 Å². The highest BCUT2D eigenvalue weighted by molar-refractivity contribution is 6.31. The van der Waals surface area contributed by atoms with Crippen LogP contribution in [0.15, 0.2) is 48.8 Å². The minimum Gasteiger partial charge on any atom is -0.483 e. The van der Waals surface area contributed by atoms with E-state index in [0.29, 0.717) is 38.9 Å². The van der Waals surface area contributed by atoms with Crippen molar-refractivity contribution in [3.05, 3.63) is 70.5 Å². The number of ether oxygens (including phenoxy) is 1. The second-order valence-corrected chi connectivity index (χ2v) is 6.78. The lowest BCUT2D eigenvalue weighted by Gasteiger charge is -2.13. The molecule has 2 aromatic carbocycles. The number of amidine groups is 1. The molecule has 9 nitrogen and oxygen atoms in total. The van der Waals surface area contributed by atoms with Crippen molar-refractivity contribution >= 4 is 29.3 Å². The van der Waals surface area contributed by atoms with Gasteiger partial charge in [0.1, 0.15) is 17.4 Å². The first-order valence-electron chi connectivity index (χ1n) is 8.80. The molecule has 0 atom stereocenters. The summed E-state index contributed by atoms with van der Waals surface area (Å²) >= 11 is 6.15. The van der Waals surface area contributed by atoms with Gasteiger partial charge in [0.2, 0.25) is 0 Å². The van der Waals surface area contributed by atoms with Crippen molar-refractivity contribution in [2.24, 2.45) is 11.5 Å². The van der Waals surface area contributed by atoms with Gasteiger partial charge in [0.05, 0.1) is 0 Å². The van der Waals surface area contributed by atoms with Crippen molar-refractivity contribution in [2.75, 3.05) is 6.61 Å². The molecule has 0 aliphatic rings. The molecule has 0 spiro atoms. The maximum Gasteiger partial charge on any atom is 0.255 e. The summed E-state index contributed by atoms with van der Waals surface area (Å²) in [5, 5.41) is 10.7. The van der Waals surface area contributed by atoms with Crippen LogP contribution >= 0.6 is 11.6 Å². The van der Waals surface area contributed by atoms with Gasteiger partial charge in [0.15, 0.2) is 6.61 Å². The van der Waals surface area contributed by atoms with E-state index >= 15 is 0 Å². The number of halogens is 1. The molecule has 2 amide bonds. The minimum atomic E-state index is -0.650. The van der Waals surface area contributed by atoms with E-state index in [0.717, 1.165) is 0 Å². The second kappa shape index (κ2) is 9.10. The molecule has 0 fully saturated rings. The number of nitrogen functional groups attached to an aromatic ring is 1. The van der Waals surface area contributed by atoms with Crippen molar-refractivity contribution in [2.45, 2.75) is 6.54 Å². The number of carbonyl (C=O) groups is 2. The van der Waals surface area contributed by atoms with E-state index in [9.17, 15) is 9.59 Å². The average Bonchev–Trinajstić information content (AvgIpc) is 3.25. The Kier molecular flexibility index (Phi) is 6.33. The number of nitrogens with two attached hydrogens (primary N) is 2. The molecule has 30 heavy (non-hydrogen) atoms. The fourth-order valence-electron chi connectivity index (χ4n) is 2.71. The Balaban J connectivity index is 1.78. The Morgan fingerprint density at radius 3 is 2.63 bits per heavy atom. The maximum atomic E-state index is 12.7. The van der Waals surface area contributed by atoms with Crippen LogP contribution in [-0.4, -0.2) is 34.2 Å². The molecule has 3 rings (SSSR count). The quantitative estimate of drug-likeness (QED) is 0.274. The van der Waals surface area contributed by atoms with E-state index in [1.54, 1.807) is 42.7 Å². The number of rotatable bonds is 8. The Morgan fingerprint density at radius 1 is 1.17 bits per heavy atom. The van der Waals surface area contributed by atoms with Crippen LogP contribution < -0.4 is 21.5 Å². The number of aromatic nitrogens is 2. The number of carbonyl (C=O) groups excluding carboxylic acids is 2. The van der Waals surface area contributed by atoms with Crippen molar-refractivity contribution in [3.63, 3.8) is 0 Å². The average molecular weight is 427 g/mol. The van der Waals surface area contributed by atoms with Gasteiger partial charge in [-0.2, -0.15) is 0 Å². The molecular weight excluding hydrogens is 408 g/mol. The Morgan fingerprint density at radius 2 is 1.97 bits per heavy atom. The van der Waals surface area contributed by atoms with Gasteiger partial charge < -0.3 is 26.5 Å². The number of aromatic amines is 1. The lowest BCUT2D eigenvalue weighted by molar-refractivity contribution is -0.119. The molecule has 0 aliphatic heterocycles. The number of H-pyrrole nitrogens is 1. The summed E-state index contributed by atoms with van der Waals surface area (Å²) in [6.07, 6.45) is 3.28. The summed E-state index contributed by atoms with van der Waals surface area (Å²) in [5.74, 6) is -0.277. The number of hydrogen-bond acceptors (Lipinski definition) is 5. The summed E-state index contributed by atoms with van der Waals surface area (Å²) in [7, 11) is 0. The lowest BCUT2D eigenvalue weighted by atomic mass is 10.1. The highest BCUT2D eigenvalue weighted by Gasteiger charge is 2.13. The maximum absolute atomic E-state index is 12.7. The summed E-state index contributed by atoms with van der Waals surface area (Å²) < 4.78 is 5.40. The molecule has 0 saturated carbocycles. The highest BCUT2D eigenvalue weighted by atomic mass is 35.5. The number of hydrogen-bond donors (Lipinski definition) is 5. The van der Waals surface area contributed by atoms with Gasteiger partial charge >= 0.3 is 0 Å². The minimum absolute atomic E-state index is 0.105. The van der Waals surface area contributed by atoms with Crippen LogP contribution in [0.4, 0.5) is 0 Å².